The van der Waals surface area contributed by atoms with E-state index in [1.54, 1.807) is 47.4 Å². The fourth-order valence-electron chi connectivity index (χ4n) is 3.84. The van der Waals surface area contributed by atoms with Crippen LogP contribution in [0.25, 0.3) is 22.1 Å². The van der Waals surface area contributed by atoms with Crippen molar-refractivity contribution in [3.05, 3.63) is 70.6 Å². The highest BCUT2D eigenvalue weighted by Crippen LogP contribution is 2.24. The lowest BCUT2D eigenvalue weighted by molar-refractivity contribution is 0.0708. The van der Waals surface area contributed by atoms with Gasteiger partial charge in [0.2, 0.25) is 0 Å². The lowest BCUT2D eigenvalue weighted by atomic mass is 10.0. The Kier molecular flexibility index (Phi) is 5.00. The number of hydrogen-bond donors (Lipinski definition) is 0. The second-order valence-corrected chi connectivity index (χ2v) is 9.44. The Bertz CT molecular complexity index is 1250. The summed E-state index contributed by atoms with van der Waals surface area (Å²) in [6, 6.07) is 15.5. The van der Waals surface area contributed by atoms with Crippen molar-refractivity contribution in [1.29, 1.82) is 0 Å². The van der Waals surface area contributed by atoms with Gasteiger partial charge in [-0.2, -0.15) is 0 Å². The third-order valence-electron chi connectivity index (χ3n) is 5.31. The Hall–Kier alpha value is -2.93. The molecule has 1 atom stereocenters. The van der Waals surface area contributed by atoms with Crippen molar-refractivity contribution in [2.24, 2.45) is 0 Å². The van der Waals surface area contributed by atoms with E-state index >= 15 is 0 Å². The summed E-state index contributed by atoms with van der Waals surface area (Å²) >= 11 is 0. The van der Waals surface area contributed by atoms with E-state index in [4.69, 9.17) is 4.42 Å². The van der Waals surface area contributed by atoms with Crippen molar-refractivity contribution in [3.63, 3.8) is 0 Å². The molecular weight excluding hydrogens is 390 g/mol. The van der Waals surface area contributed by atoms with Crippen LogP contribution >= 0.6 is 0 Å². The maximum absolute atomic E-state index is 13.1. The molecule has 6 nitrogen and oxygen atoms in total. The topological polar surface area (TPSA) is 84.7 Å². The highest BCUT2D eigenvalue weighted by molar-refractivity contribution is 7.91. The van der Waals surface area contributed by atoms with Gasteiger partial charge in [-0.3, -0.25) is 4.79 Å². The quantitative estimate of drug-likeness (QED) is 0.616. The van der Waals surface area contributed by atoms with Gasteiger partial charge in [0.15, 0.2) is 9.84 Å². The zero-order valence-electron chi connectivity index (χ0n) is 16.0. The van der Waals surface area contributed by atoms with Gasteiger partial charge in [-0.25, -0.2) is 13.2 Å². The molecule has 150 valence electrons. The number of fused-ring (bicyclic) bond motifs is 1. The van der Waals surface area contributed by atoms with Crippen LogP contribution in [0.5, 0.6) is 0 Å². The fraction of sp³-hybridized carbons (Fsp3) is 0.273. The summed E-state index contributed by atoms with van der Waals surface area (Å²) in [6.07, 6.45) is 0.454. The molecule has 1 saturated heterocycles. The summed E-state index contributed by atoms with van der Waals surface area (Å²) in [6.45, 7) is 2.26. The number of benzene rings is 2. The molecule has 0 N–H and O–H groups in total. The molecule has 0 bridgehead atoms. The molecule has 7 heteroatoms. The van der Waals surface area contributed by atoms with Crippen molar-refractivity contribution >= 4 is 26.7 Å². The molecule has 0 spiro atoms. The lowest BCUT2D eigenvalue weighted by Gasteiger charge is -2.27. The Labute approximate surface area is 168 Å². The number of rotatable bonds is 4. The van der Waals surface area contributed by atoms with E-state index in [9.17, 15) is 18.0 Å². The molecule has 1 amide bonds. The summed E-state index contributed by atoms with van der Waals surface area (Å²) in [7, 11) is -3.09. The first-order chi connectivity index (χ1) is 13.9. The van der Waals surface area contributed by atoms with Crippen LogP contribution in [-0.2, 0) is 9.84 Å². The van der Waals surface area contributed by atoms with Gasteiger partial charge in [-0.15, -0.1) is 0 Å². The number of nitrogens with zero attached hydrogens (tertiary/aromatic N) is 1. The van der Waals surface area contributed by atoms with Crippen molar-refractivity contribution in [3.8, 4) is 11.1 Å². The minimum atomic E-state index is -3.09. The van der Waals surface area contributed by atoms with Gasteiger partial charge in [0, 0.05) is 23.5 Å². The Morgan fingerprint density at radius 1 is 1.14 bits per heavy atom. The minimum Gasteiger partial charge on any atom is -0.422 e. The third kappa shape index (κ3) is 3.82. The van der Waals surface area contributed by atoms with Gasteiger partial charge in [-0.05, 0) is 43.2 Å². The number of amides is 1. The predicted molar refractivity (Wildman–Crippen MR) is 112 cm³/mol. The Morgan fingerprint density at radius 3 is 2.66 bits per heavy atom. The van der Waals surface area contributed by atoms with Crippen molar-refractivity contribution in [1.82, 2.24) is 4.90 Å². The average Bonchev–Trinajstić information content (AvgIpc) is 3.07. The van der Waals surface area contributed by atoms with Crippen LogP contribution in [0.2, 0.25) is 0 Å². The zero-order valence-corrected chi connectivity index (χ0v) is 16.8. The number of para-hydroxylation sites is 1. The van der Waals surface area contributed by atoms with Gasteiger partial charge in [0.05, 0.1) is 17.1 Å². The molecule has 29 heavy (non-hydrogen) atoms. The molecule has 1 unspecified atom stereocenters. The van der Waals surface area contributed by atoms with Crippen molar-refractivity contribution in [2.45, 2.75) is 19.4 Å². The maximum atomic E-state index is 13.1. The van der Waals surface area contributed by atoms with E-state index in [1.807, 2.05) is 19.1 Å². The van der Waals surface area contributed by atoms with E-state index in [-0.39, 0.29) is 23.5 Å². The molecule has 3 aromatic rings. The van der Waals surface area contributed by atoms with E-state index in [1.165, 1.54) is 0 Å². The van der Waals surface area contributed by atoms with Crippen LogP contribution in [0.3, 0.4) is 0 Å². The van der Waals surface area contributed by atoms with Crippen molar-refractivity contribution in [2.75, 3.05) is 18.1 Å². The number of carbonyl (C=O) groups excluding carboxylic acids is 1. The molecule has 2 heterocycles. The minimum absolute atomic E-state index is 0.000529. The molecule has 1 aromatic heterocycles. The predicted octanol–water partition coefficient (Wildman–Crippen LogP) is 3.11. The lowest BCUT2D eigenvalue weighted by Crippen LogP contribution is -2.41. The van der Waals surface area contributed by atoms with Crippen LogP contribution < -0.4 is 5.63 Å². The summed E-state index contributed by atoms with van der Waals surface area (Å²) in [5.74, 6) is -0.123. The van der Waals surface area contributed by atoms with Crippen LogP contribution in [0.4, 0.5) is 0 Å². The van der Waals surface area contributed by atoms with Gasteiger partial charge in [0.25, 0.3) is 5.91 Å². The zero-order chi connectivity index (χ0) is 20.6. The summed E-state index contributed by atoms with van der Waals surface area (Å²) in [4.78, 5) is 27.1. The average molecular weight is 411 g/mol. The first kappa shape index (κ1) is 19.4. The molecule has 2 aromatic carbocycles. The molecule has 4 rings (SSSR count). The summed E-state index contributed by atoms with van der Waals surface area (Å²) < 4.78 is 29.0. The molecule has 0 aliphatic carbocycles. The Balaban J connectivity index is 1.69. The van der Waals surface area contributed by atoms with Gasteiger partial charge >= 0.3 is 5.63 Å². The third-order valence-corrected chi connectivity index (χ3v) is 7.06. The SMILES string of the molecule is CCN(C(=O)c1cccc(-c2cc3ccccc3oc2=O)c1)C1CCS(=O)(=O)C1. The Morgan fingerprint density at radius 2 is 1.93 bits per heavy atom. The standard InChI is InChI=1S/C22H21NO5S/c1-2-23(18-10-11-29(26,27)14-18)21(24)17-8-5-7-15(12-17)19-13-16-6-3-4-9-20(16)28-22(19)25/h3-9,12-13,18H,2,10-11,14H2,1H3. The normalized spacial score (nSPS) is 18.0. The van der Waals surface area contributed by atoms with Gasteiger partial charge < -0.3 is 9.32 Å². The fourth-order valence-corrected chi connectivity index (χ4v) is 5.57. The molecule has 1 aliphatic rings. The maximum Gasteiger partial charge on any atom is 0.344 e. The monoisotopic (exact) mass is 411 g/mol. The number of sulfone groups is 1. The highest BCUT2D eigenvalue weighted by Gasteiger charge is 2.34. The summed E-state index contributed by atoms with van der Waals surface area (Å²) in [5, 5.41) is 0.796. The van der Waals surface area contributed by atoms with Gasteiger partial charge in [0.1, 0.15) is 5.58 Å². The smallest absolute Gasteiger partial charge is 0.344 e. The molecule has 1 aliphatic heterocycles. The van der Waals surface area contributed by atoms with E-state index < -0.39 is 15.5 Å². The van der Waals surface area contributed by atoms with Gasteiger partial charge in [-0.1, -0.05) is 30.3 Å². The highest BCUT2D eigenvalue weighted by atomic mass is 32.2. The first-order valence-corrected chi connectivity index (χ1v) is 11.3. The first-order valence-electron chi connectivity index (χ1n) is 9.52. The van der Waals surface area contributed by atoms with Crippen molar-refractivity contribution < 1.29 is 17.6 Å². The largest absolute Gasteiger partial charge is 0.422 e. The second kappa shape index (κ2) is 7.48. The van der Waals surface area contributed by atoms with Crippen LogP contribution in [0.15, 0.2) is 63.8 Å². The number of carbonyl (C=O) groups is 1. The van der Waals surface area contributed by atoms with E-state index in [0.717, 1.165) is 5.39 Å². The molecular formula is C22H21NO5S. The molecule has 0 saturated carbocycles. The molecule has 0 radical (unpaired) electrons. The number of hydrogen-bond acceptors (Lipinski definition) is 5. The molecule has 1 fully saturated rings. The summed E-state index contributed by atoms with van der Waals surface area (Å²) in [5.41, 5.74) is 1.42. The van der Waals surface area contributed by atoms with E-state index in [2.05, 4.69) is 0 Å². The van der Waals surface area contributed by atoms with E-state index in [0.29, 0.717) is 35.2 Å². The van der Waals surface area contributed by atoms with Crippen LogP contribution in [-0.4, -0.2) is 43.3 Å². The van der Waals surface area contributed by atoms with Crippen LogP contribution in [0, 0.1) is 0 Å². The second-order valence-electron chi connectivity index (χ2n) is 7.21. The van der Waals surface area contributed by atoms with Crippen LogP contribution in [0.1, 0.15) is 23.7 Å².